The minimum Gasteiger partial charge on any atom is -0.444 e. The number of piperidine rings is 1. The first kappa shape index (κ1) is 19.7. The maximum Gasteiger partial charge on any atom is 0.208 e. The number of hydrogen-bond donors (Lipinski definition) is 2. The maximum absolute atomic E-state index is 9.24. The van der Waals surface area contributed by atoms with E-state index in [9.17, 15) is 5.26 Å². The number of rotatable bonds is 5. The Hall–Kier alpha value is -2.07. The Morgan fingerprint density at radius 2 is 2.07 bits per heavy atom. The molecule has 27 heavy (non-hydrogen) atoms. The summed E-state index contributed by atoms with van der Waals surface area (Å²) >= 11 is 0. The van der Waals surface area contributed by atoms with Gasteiger partial charge in [0.25, 0.3) is 0 Å². The van der Waals surface area contributed by atoms with Crippen LogP contribution in [0.25, 0.3) is 0 Å². The molecule has 2 atom stereocenters. The zero-order valence-electron chi connectivity index (χ0n) is 16.8. The molecule has 1 aromatic heterocycles. The van der Waals surface area contributed by atoms with Crippen molar-refractivity contribution < 1.29 is 4.42 Å². The molecule has 0 aromatic carbocycles. The van der Waals surface area contributed by atoms with Gasteiger partial charge in [-0.2, -0.15) is 5.26 Å². The van der Waals surface area contributed by atoms with Gasteiger partial charge in [-0.25, -0.2) is 4.98 Å². The normalized spacial score (nSPS) is 24.7. The molecule has 148 valence electrons. The van der Waals surface area contributed by atoms with E-state index in [1.807, 2.05) is 13.8 Å². The van der Waals surface area contributed by atoms with E-state index in [2.05, 4.69) is 31.6 Å². The molecule has 1 aliphatic heterocycles. The van der Waals surface area contributed by atoms with Gasteiger partial charge in [-0.1, -0.05) is 0 Å². The second-order valence-electron chi connectivity index (χ2n) is 7.84. The van der Waals surface area contributed by atoms with Gasteiger partial charge in [0.2, 0.25) is 5.89 Å². The van der Waals surface area contributed by atoms with Crippen LogP contribution in [0.2, 0.25) is 0 Å². The van der Waals surface area contributed by atoms with Gasteiger partial charge in [0.15, 0.2) is 5.96 Å². The molecule has 1 saturated heterocycles. The van der Waals surface area contributed by atoms with Crippen molar-refractivity contribution in [3.63, 3.8) is 0 Å². The van der Waals surface area contributed by atoms with Crippen LogP contribution in [0.3, 0.4) is 0 Å². The predicted octanol–water partition coefficient (Wildman–Crippen LogP) is 2.36. The van der Waals surface area contributed by atoms with Crippen LogP contribution in [0.5, 0.6) is 0 Å². The summed E-state index contributed by atoms with van der Waals surface area (Å²) in [7, 11) is 1.80. The highest BCUT2D eigenvalue weighted by Gasteiger charge is 2.28. The lowest BCUT2D eigenvalue weighted by atomic mass is 9.97. The van der Waals surface area contributed by atoms with Crippen molar-refractivity contribution in [3.05, 3.63) is 17.3 Å². The zero-order valence-corrected chi connectivity index (χ0v) is 16.8. The van der Waals surface area contributed by atoms with Crippen LogP contribution >= 0.6 is 0 Å². The van der Waals surface area contributed by atoms with E-state index in [-0.39, 0.29) is 12.0 Å². The number of hydrogen-bond acceptors (Lipinski definition) is 5. The van der Waals surface area contributed by atoms with E-state index >= 15 is 0 Å². The Kier molecular flexibility index (Phi) is 6.73. The minimum absolute atomic E-state index is 0.106. The highest BCUT2D eigenvalue weighted by molar-refractivity contribution is 5.80. The molecule has 1 saturated carbocycles. The van der Waals surface area contributed by atoms with Crippen molar-refractivity contribution in [1.29, 1.82) is 5.26 Å². The van der Waals surface area contributed by atoms with Crippen LogP contribution < -0.4 is 10.6 Å². The van der Waals surface area contributed by atoms with Gasteiger partial charge in [0.05, 0.1) is 24.2 Å². The van der Waals surface area contributed by atoms with E-state index in [0.29, 0.717) is 5.92 Å². The molecule has 0 radical (unpaired) electrons. The monoisotopic (exact) mass is 372 g/mol. The summed E-state index contributed by atoms with van der Waals surface area (Å²) < 4.78 is 5.71. The Bertz CT molecular complexity index is 664. The van der Waals surface area contributed by atoms with Crippen molar-refractivity contribution in [3.8, 4) is 6.07 Å². The molecule has 2 aliphatic rings. The molecule has 0 bridgehead atoms. The summed E-state index contributed by atoms with van der Waals surface area (Å²) in [4.78, 5) is 11.2. The molecule has 2 unspecified atom stereocenters. The van der Waals surface area contributed by atoms with Gasteiger partial charge in [-0.05, 0) is 65.0 Å². The molecule has 7 heteroatoms. The van der Waals surface area contributed by atoms with Gasteiger partial charge >= 0.3 is 0 Å². The van der Waals surface area contributed by atoms with E-state index in [0.717, 1.165) is 81.6 Å². The van der Waals surface area contributed by atoms with Gasteiger partial charge in [-0.15, -0.1) is 0 Å². The number of oxazole rings is 1. The number of likely N-dealkylation sites (tertiary alicyclic amines) is 1. The summed E-state index contributed by atoms with van der Waals surface area (Å²) in [5.41, 5.74) is 0.990. The zero-order chi connectivity index (χ0) is 19.2. The number of aryl methyl sites for hydroxylation is 2. The first-order valence-corrected chi connectivity index (χ1v) is 10.1. The number of guanidine groups is 1. The van der Waals surface area contributed by atoms with E-state index < -0.39 is 0 Å². The van der Waals surface area contributed by atoms with Crippen LogP contribution in [0.15, 0.2) is 9.41 Å². The summed E-state index contributed by atoms with van der Waals surface area (Å²) in [6, 6.07) is 2.65. The lowest BCUT2D eigenvalue weighted by Crippen LogP contribution is -2.47. The Morgan fingerprint density at radius 1 is 1.30 bits per heavy atom. The molecule has 2 heterocycles. The van der Waals surface area contributed by atoms with E-state index in [1.165, 1.54) is 0 Å². The maximum atomic E-state index is 9.24. The van der Waals surface area contributed by atoms with Crippen LogP contribution in [0, 0.1) is 37.0 Å². The van der Waals surface area contributed by atoms with E-state index in [4.69, 9.17) is 4.42 Å². The van der Waals surface area contributed by atoms with Crippen molar-refractivity contribution in [2.45, 2.75) is 58.5 Å². The van der Waals surface area contributed by atoms with E-state index in [1.54, 1.807) is 7.05 Å². The summed E-state index contributed by atoms with van der Waals surface area (Å²) in [5.74, 6) is 3.33. The Balaban J connectivity index is 1.39. The number of nitrogens with zero attached hydrogens (tertiary/aromatic N) is 4. The molecule has 1 aliphatic carbocycles. The Morgan fingerprint density at radius 3 is 2.70 bits per heavy atom. The molecule has 0 amide bonds. The minimum atomic E-state index is 0.106. The van der Waals surface area contributed by atoms with Crippen molar-refractivity contribution in [2.24, 2.45) is 16.8 Å². The lowest BCUT2D eigenvalue weighted by molar-refractivity contribution is 0.164. The van der Waals surface area contributed by atoms with Crippen LogP contribution in [-0.4, -0.2) is 48.6 Å². The number of aliphatic imine (C=N–C) groups is 1. The second kappa shape index (κ2) is 9.23. The van der Waals surface area contributed by atoms with Gasteiger partial charge in [-0.3, -0.25) is 9.89 Å². The lowest BCUT2D eigenvalue weighted by Gasteiger charge is -2.31. The summed E-state index contributed by atoms with van der Waals surface area (Å²) in [6.45, 7) is 7.82. The number of aromatic nitrogens is 1. The third-order valence-electron chi connectivity index (χ3n) is 5.92. The van der Waals surface area contributed by atoms with Crippen molar-refractivity contribution >= 4 is 5.96 Å². The SMILES string of the molecule is CN=C(NCC1CCN(Cc2nc(C)c(C)o2)CC1)NC1CCCC1C#N. The molecule has 3 rings (SSSR count). The Labute approximate surface area is 162 Å². The summed E-state index contributed by atoms with van der Waals surface area (Å²) in [6.07, 6.45) is 5.49. The third-order valence-corrected chi connectivity index (χ3v) is 5.92. The average molecular weight is 373 g/mol. The predicted molar refractivity (Wildman–Crippen MR) is 105 cm³/mol. The molecule has 1 aromatic rings. The number of nitriles is 1. The van der Waals surface area contributed by atoms with Gasteiger partial charge < -0.3 is 15.1 Å². The fourth-order valence-corrected chi connectivity index (χ4v) is 4.05. The van der Waals surface area contributed by atoms with Crippen molar-refractivity contribution in [2.75, 3.05) is 26.7 Å². The highest BCUT2D eigenvalue weighted by atomic mass is 16.4. The van der Waals surface area contributed by atoms with Crippen LogP contribution in [0.4, 0.5) is 0 Å². The van der Waals surface area contributed by atoms with Crippen LogP contribution in [-0.2, 0) is 6.54 Å². The van der Waals surface area contributed by atoms with Gasteiger partial charge in [0.1, 0.15) is 5.76 Å². The fraction of sp³-hybridized carbons (Fsp3) is 0.750. The summed E-state index contributed by atoms with van der Waals surface area (Å²) in [5, 5.41) is 16.1. The fourth-order valence-electron chi connectivity index (χ4n) is 4.05. The largest absolute Gasteiger partial charge is 0.444 e. The molecule has 7 nitrogen and oxygen atoms in total. The van der Waals surface area contributed by atoms with Crippen molar-refractivity contribution in [1.82, 2.24) is 20.5 Å². The topological polar surface area (TPSA) is 89.5 Å². The molecule has 0 spiro atoms. The molecular formula is C20H32N6O. The average Bonchev–Trinajstić information content (AvgIpc) is 3.25. The molecule has 2 N–H and O–H groups in total. The first-order chi connectivity index (χ1) is 13.1. The van der Waals surface area contributed by atoms with Crippen LogP contribution in [0.1, 0.15) is 49.4 Å². The third kappa shape index (κ3) is 5.23. The number of nitrogens with one attached hydrogen (secondary N) is 2. The smallest absolute Gasteiger partial charge is 0.208 e. The highest BCUT2D eigenvalue weighted by Crippen LogP contribution is 2.24. The quantitative estimate of drug-likeness (QED) is 0.609. The molecule has 2 fully saturated rings. The second-order valence-corrected chi connectivity index (χ2v) is 7.84. The molecular weight excluding hydrogens is 340 g/mol. The first-order valence-electron chi connectivity index (χ1n) is 10.1. The standard InChI is InChI=1S/C20H32N6O/c1-14-15(2)27-19(24-14)13-26-9-7-16(8-10-26)12-23-20(22-3)25-18-6-4-5-17(18)11-21/h16-18H,4-10,12-13H2,1-3H3,(H2,22,23,25). The van der Waals surface area contributed by atoms with Gasteiger partial charge in [0, 0.05) is 19.6 Å².